The number of carboxylic acid groups (broad SMARTS) is 1. The highest BCUT2D eigenvalue weighted by Gasteiger charge is 2.29. The van der Waals surface area contributed by atoms with E-state index in [4.69, 9.17) is 5.11 Å². The van der Waals surface area contributed by atoms with Crippen LogP contribution in [0.25, 0.3) is 0 Å². The van der Waals surface area contributed by atoms with E-state index in [2.05, 4.69) is 15.9 Å². The molecule has 1 fully saturated rings. The van der Waals surface area contributed by atoms with Gasteiger partial charge in [-0.3, -0.25) is 4.79 Å². The molecule has 0 spiro atoms. The number of aliphatic hydroxyl groups is 2. The van der Waals surface area contributed by atoms with Crippen molar-refractivity contribution < 1.29 is 24.9 Å². The fraction of sp³-hybridized carbons (Fsp3) is 0.385. The Morgan fingerprint density at radius 2 is 1.80 bits per heavy atom. The summed E-state index contributed by atoms with van der Waals surface area (Å²) >= 11 is 3.17. The molecule has 2 rings (SSSR count). The Morgan fingerprint density at radius 3 is 2.40 bits per heavy atom. The number of carbonyl (C=O) groups excluding carboxylic acids is 1. The van der Waals surface area contributed by atoms with Crippen molar-refractivity contribution in [2.45, 2.75) is 18.6 Å². The van der Waals surface area contributed by atoms with Crippen LogP contribution in [0.2, 0.25) is 0 Å². The fourth-order valence-electron chi connectivity index (χ4n) is 2.12. The average Bonchev–Trinajstić information content (AvgIpc) is 2.40. The highest BCUT2D eigenvalue weighted by Crippen LogP contribution is 2.20. The second kappa shape index (κ2) is 5.90. The van der Waals surface area contributed by atoms with Crippen molar-refractivity contribution in [2.75, 3.05) is 13.1 Å². The molecule has 0 unspecified atom stereocenters. The second-order valence-corrected chi connectivity index (χ2v) is 5.62. The Morgan fingerprint density at radius 1 is 1.15 bits per heavy atom. The maximum absolute atomic E-state index is 12.3. The maximum atomic E-state index is 12.3. The molecule has 0 bridgehead atoms. The molecule has 1 aliphatic rings. The zero-order valence-corrected chi connectivity index (χ0v) is 12.1. The average molecular weight is 344 g/mol. The van der Waals surface area contributed by atoms with E-state index >= 15 is 0 Å². The summed E-state index contributed by atoms with van der Waals surface area (Å²) in [6.45, 7) is 0.362. The van der Waals surface area contributed by atoms with E-state index in [0.717, 1.165) is 0 Å². The van der Waals surface area contributed by atoms with Gasteiger partial charge in [-0.2, -0.15) is 0 Å². The van der Waals surface area contributed by atoms with Gasteiger partial charge in [-0.05, 0) is 24.6 Å². The van der Waals surface area contributed by atoms with Gasteiger partial charge in [-0.1, -0.05) is 15.9 Å². The van der Waals surface area contributed by atoms with E-state index in [9.17, 15) is 19.8 Å². The highest BCUT2D eigenvalue weighted by atomic mass is 79.9. The number of aromatic carboxylic acids is 1. The summed E-state index contributed by atoms with van der Waals surface area (Å²) in [6.07, 6.45) is -1.50. The Balaban J connectivity index is 2.23. The van der Waals surface area contributed by atoms with Crippen molar-refractivity contribution in [3.63, 3.8) is 0 Å². The summed E-state index contributed by atoms with van der Waals surface area (Å²) < 4.78 is 0.498. The first-order valence-electron chi connectivity index (χ1n) is 6.08. The number of aliphatic hydroxyl groups excluding tert-OH is 2. The lowest BCUT2D eigenvalue weighted by Crippen LogP contribution is -2.49. The first kappa shape index (κ1) is 15.0. The summed E-state index contributed by atoms with van der Waals surface area (Å²) in [5, 5.41) is 28.0. The molecule has 1 aliphatic heterocycles. The molecular formula is C13H14BrNO5. The summed E-state index contributed by atoms with van der Waals surface area (Å²) in [7, 11) is 0. The van der Waals surface area contributed by atoms with Crippen LogP contribution in [-0.4, -0.2) is 57.4 Å². The normalized spacial score (nSPS) is 22.6. The van der Waals surface area contributed by atoms with Gasteiger partial charge in [0.25, 0.3) is 5.91 Å². The molecule has 20 heavy (non-hydrogen) atoms. The Bertz CT molecular complexity index is 548. The van der Waals surface area contributed by atoms with Gasteiger partial charge in [0.2, 0.25) is 0 Å². The van der Waals surface area contributed by atoms with Crippen molar-refractivity contribution in [1.29, 1.82) is 0 Å². The third kappa shape index (κ3) is 3.17. The lowest BCUT2D eigenvalue weighted by atomic mass is 10.0. The molecular weight excluding hydrogens is 330 g/mol. The van der Waals surface area contributed by atoms with Gasteiger partial charge in [-0.15, -0.1) is 0 Å². The SMILES string of the molecule is O=C(O)c1cc(Br)cc(C(=O)N2CC[C@@H](O)[C@@H](O)C2)c1. The first-order valence-corrected chi connectivity index (χ1v) is 6.87. The lowest BCUT2D eigenvalue weighted by Gasteiger charge is -2.33. The topological polar surface area (TPSA) is 98.1 Å². The Kier molecular flexibility index (Phi) is 4.42. The molecule has 0 aliphatic carbocycles. The molecule has 0 aromatic heterocycles. The van der Waals surface area contributed by atoms with Crippen molar-refractivity contribution in [3.8, 4) is 0 Å². The molecule has 1 aromatic carbocycles. The third-order valence-corrected chi connectivity index (χ3v) is 3.68. The zero-order chi connectivity index (χ0) is 14.9. The highest BCUT2D eigenvalue weighted by molar-refractivity contribution is 9.10. The van der Waals surface area contributed by atoms with Crippen molar-refractivity contribution in [1.82, 2.24) is 4.90 Å². The monoisotopic (exact) mass is 343 g/mol. The predicted octanol–water partition coefficient (Wildman–Crippen LogP) is 0.715. The van der Waals surface area contributed by atoms with Gasteiger partial charge in [0.1, 0.15) is 0 Å². The Hall–Kier alpha value is -1.44. The molecule has 0 saturated carbocycles. The second-order valence-electron chi connectivity index (χ2n) is 4.71. The van der Waals surface area contributed by atoms with Crippen LogP contribution >= 0.6 is 15.9 Å². The summed E-state index contributed by atoms with van der Waals surface area (Å²) in [5.74, 6) is -1.48. The number of hydrogen-bond acceptors (Lipinski definition) is 4. The van der Waals surface area contributed by atoms with E-state index in [1.807, 2.05) is 0 Å². The standard InChI is InChI=1S/C13H14BrNO5/c14-9-4-7(3-8(5-9)13(19)20)12(18)15-2-1-10(16)11(17)6-15/h3-5,10-11,16-17H,1-2,6H2,(H,19,20)/t10-,11+/m1/s1. The summed E-state index contributed by atoms with van der Waals surface area (Å²) in [6, 6.07) is 4.24. The van der Waals surface area contributed by atoms with Gasteiger partial charge < -0.3 is 20.2 Å². The van der Waals surface area contributed by atoms with Crippen molar-refractivity contribution >= 4 is 27.8 Å². The van der Waals surface area contributed by atoms with E-state index in [-0.39, 0.29) is 23.6 Å². The number of carbonyl (C=O) groups is 2. The zero-order valence-electron chi connectivity index (χ0n) is 10.5. The number of piperidine rings is 1. The number of hydrogen-bond donors (Lipinski definition) is 3. The van der Waals surface area contributed by atoms with Crippen molar-refractivity contribution in [3.05, 3.63) is 33.8 Å². The fourth-order valence-corrected chi connectivity index (χ4v) is 2.62. The quantitative estimate of drug-likeness (QED) is 0.734. The van der Waals surface area contributed by atoms with Gasteiger partial charge in [0.05, 0.1) is 17.8 Å². The number of amides is 1. The largest absolute Gasteiger partial charge is 0.478 e. The van der Waals surface area contributed by atoms with Crippen LogP contribution in [0.1, 0.15) is 27.1 Å². The van der Waals surface area contributed by atoms with Crippen LogP contribution < -0.4 is 0 Å². The third-order valence-electron chi connectivity index (χ3n) is 3.23. The summed E-state index contributed by atoms with van der Waals surface area (Å²) in [5.41, 5.74) is 0.251. The van der Waals surface area contributed by atoms with Crippen LogP contribution in [-0.2, 0) is 0 Å². The number of likely N-dealkylation sites (tertiary alicyclic amines) is 1. The number of β-amino-alcohol motifs (C(OH)–C–C–N with tert-alkyl or cyclic N) is 1. The minimum absolute atomic E-state index is 0.0142. The van der Waals surface area contributed by atoms with Crippen LogP contribution in [0.3, 0.4) is 0 Å². The van der Waals surface area contributed by atoms with Crippen LogP contribution in [0.15, 0.2) is 22.7 Å². The van der Waals surface area contributed by atoms with Gasteiger partial charge >= 0.3 is 5.97 Å². The number of halogens is 1. The van der Waals surface area contributed by atoms with Gasteiger partial charge in [0, 0.05) is 23.1 Å². The van der Waals surface area contributed by atoms with E-state index < -0.39 is 18.2 Å². The van der Waals surface area contributed by atoms with E-state index in [1.165, 1.54) is 23.1 Å². The number of nitrogens with zero attached hydrogens (tertiary/aromatic N) is 1. The molecule has 108 valence electrons. The number of benzene rings is 1. The molecule has 1 saturated heterocycles. The van der Waals surface area contributed by atoms with Crippen LogP contribution in [0.4, 0.5) is 0 Å². The molecule has 6 nitrogen and oxygen atoms in total. The molecule has 1 heterocycles. The molecule has 3 N–H and O–H groups in total. The van der Waals surface area contributed by atoms with E-state index in [1.54, 1.807) is 0 Å². The van der Waals surface area contributed by atoms with Gasteiger partial charge in [0.15, 0.2) is 0 Å². The first-order chi connectivity index (χ1) is 9.38. The number of carboxylic acids is 1. The van der Waals surface area contributed by atoms with Gasteiger partial charge in [-0.25, -0.2) is 4.79 Å². The smallest absolute Gasteiger partial charge is 0.335 e. The molecule has 1 aromatic rings. The van der Waals surface area contributed by atoms with Crippen LogP contribution in [0, 0.1) is 0 Å². The minimum atomic E-state index is -1.12. The Labute approximate surface area is 123 Å². The van der Waals surface area contributed by atoms with Crippen molar-refractivity contribution in [2.24, 2.45) is 0 Å². The molecule has 1 amide bonds. The molecule has 2 atom stereocenters. The predicted molar refractivity (Wildman–Crippen MR) is 73.6 cm³/mol. The molecule has 7 heteroatoms. The van der Waals surface area contributed by atoms with Crippen LogP contribution in [0.5, 0.6) is 0 Å². The number of rotatable bonds is 2. The molecule has 0 radical (unpaired) electrons. The lowest BCUT2D eigenvalue weighted by molar-refractivity contribution is -0.0321. The minimum Gasteiger partial charge on any atom is -0.478 e. The maximum Gasteiger partial charge on any atom is 0.335 e. The van der Waals surface area contributed by atoms with E-state index in [0.29, 0.717) is 17.4 Å². The summed E-state index contributed by atoms with van der Waals surface area (Å²) in [4.78, 5) is 24.7.